The number of hydrogen-bond donors (Lipinski definition) is 1. The summed E-state index contributed by atoms with van der Waals surface area (Å²) < 4.78 is 5.04. The zero-order valence-electron chi connectivity index (χ0n) is 7.40. The zero-order chi connectivity index (χ0) is 9.97. The summed E-state index contributed by atoms with van der Waals surface area (Å²) in [7, 11) is 0. The van der Waals surface area contributed by atoms with E-state index >= 15 is 0 Å². The second kappa shape index (κ2) is 3.77. The topological polar surface area (TPSA) is 66.6 Å². The van der Waals surface area contributed by atoms with Crippen molar-refractivity contribution in [2.75, 3.05) is 0 Å². The second-order valence-electron chi connectivity index (χ2n) is 2.77. The molecule has 1 aromatic carbocycles. The number of rotatable bonds is 2. The van der Waals surface area contributed by atoms with Crippen LogP contribution in [0.1, 0.15) is 5.82 Å². The minimum Gasteiger partial charge on any atom is -0.351 e. The van der Waals surface area contributed by atoms with E-state index in [1.165, 1.54) is 0 Å². The van der Waals surface area contributed by atoms with Crippen molar-refractivity contribution >= 4 is 11.6 Å². The van der Waals surface area contributed by atoms with Gasteiger partial charge >= 0.3 is 0 Å². The fourth-order valence-corrected chi connectivity index (χ4v) is 1.19. The van der Waals surface area contributed by atoms with Gasteiger partial charge in [-0.05, 0) is 24.3 Å². The summed E-state index contributed by atoms with van der Waals surface area (Å²) in [6.45, 7) is 0.525. The molecule has 3 N–H and O–H groups in total. The Kier molecular flexibility index (Phi) is 2.47. The molecule has 72 valence electrons. The summed E-state index contributed by atoms with van der Waals surface area (Å²) >= 11 is 5.75. The maximum atomic E-state index is 5.75. The van der Waals surface area contributed by atoms with E-state index in [0.29, 0.717) is 23.3 Å². The third kappa shape index (κ3) is 1.76. The number of aromatic nitrogens is 2. The predicted octanol–water partition coefficient (Wildman–Crippen LogP) is 1.13. The molecular weight excluding hydrogens is 202 g/mol. The monoisotopic (exact) mass is 210 g/mol. The molecule has 0 radical (unpaired) electrons. The van der Waals surface area contributed by atoms with Gasteiger partial charge in [0.2, 0.25) is 5.82 Å². The number of quaternary nitrogens is 1. The highest BCUT2D eigenvalue weighted by Crippen LogP contribution is 2.19. The summed E-state index contributed by atoms with van der Waals surface area (Å²) in [6, 6.07) is 7.24. The Balaban J connectivity index is 2.34. The molecule has 0 spiro atoms. The highest BCUT2D eigenvalue weighted by Gasteiger charge is 2.07. The van der Waals surface area contributed by atoms with E-state index < -0.39 is 0 Å². The van der Waals surface area contributed by atoms with E-state index in [-0.39, 0.29) is 0 Å². The van der Waals surface area contributed by atoms with Gasteiger partial charge < -0.3 is 10.3 Å². The predicted molar refractivity (Wildman–Crippen MR) is 51.3 cm³/mol. The SMILES string of the molecule is [NH3+]Cc1noc(-c2ccc(Cl)cc2)n1. The zero-order valence-corrected chi connectivity index (χ0v) is 8.16. The Morgan fingerprint density at radius 2 is 2.00 bits per heavy atom. The first-order chi connectivity index (χ1) is 6.79. The minimum absolute atomic E-state index is 0.500. The van der Waals surface area contributed by atoms with Crippen molar-refractivity contribution in [1.82, 2.24) is 10.1 Å². The van der Waals surface area contributed by atoms with Crippen LogP contribution in [0.4, 0.5) is 0 Å². The lowest BCUT2D eigenvalue weighted by Gasteiger charge is -1.92. The fraction of sp³-hybridized carbons (Fsp3) is 0.111. The average molecular weight is 211 g/mol. The van der Waals surface area contributed by atoms with Gasteiger partial charge in [-0.1, -0.05) is 16.8 Å². The number of benzene rings is 1. The van der Waals surface area contributed by atoms with Gasteiger partial charge in [-0.15, -0.1) is 0 Å². The summed E-state index contributed by atoms with van der Waals surface area (Å²) in [6.07, 6.45) is 0. The van der Waals surface area contributed by atoms with E-state index in [1.807, 2.05) is 12.1 Å². The molecule has 2 rings (SSSR count). The first-order valence-corrected chi connectivity index (χ1v) is 4.55. The van der Waals surface area contributed by atoms with Crippen molar-refractivity contribution < 1.29 is 10.3 Å². The Labute approximate surface area is 85.7 Å². The Morgan fingerprint density at radius 3 is 2.57 bits per heavy atom. The van der Waals surface area contributed by atoms with Crippen LogP contribution < -0.4 is 5.73 Å². The van der Waals surface area contributed by atoms with Crippen LogP contribution in [0.2, 0.25) is 5.02 Å². The maximum absolute atomic E-state index is 5.75. The standard InChI is InChI=1S/C9H8ClN3O/c10-7-3-1-6(2-4-7)9-12-8(5-11)13-14-9/h1-4H,5,11H2/p+1. The molecule has 0 fully saturated rings. The van der Waals surface area contributed by atoms with Crippen LogP contribution in [0, 0.1) is 0 Å². The van der Waals surface area contributed by atoms with Crippen LogP contribution in [0.5, 0.6) is 0 Å². The van der Waals surface area contributed by atoms with Gasteiger partial charge in [0.15, 0.2) is 0 Å². The summed E-state index contributed by atoms with van der Waals surface area (Å²) in [5.41, 5.74) is 4.53. The number of hydrogen-bond acceptors (Lipinski definition) is 3. The van der Waals surface area contributed by atoms with Crippen molar-refractivity contribution in [3.05, 3.63) is 35.1 Å². The van der Waals surface area contributed by atoms with Gasteiger partial charge in [-0.2, -0.15) is 4.98 Å². The Hall–Kier alpha value is -1.39. The molecule has 1 aromatic heterocycles. The van der Waals surface area contributed by atoms with Gasteiger partial charge in [-0.25, -0.2) is 0 Å². The molecule has 0 aliphatic rings. The molecule has 0 amide bonds. The largest absolute Gasteiger partial charge is 0.351 e. The number of halogens is 1. The summed E-state index contributed by atoms with van der Waals surface area (Å²) in [5.74, 6) is 1.11. The van der Waals surface area contributed by atoms with E-state index in [1.54, 1.807) is 12.1 Å². The van der Waals surface area contributed by atoms with Crippen LogP contribution in [-0.2, 0) is 6.54 Å². The highest BCUT2D eigenvalue weighted by molar-refractivity contribution is 6.30. The van der Waals surface area contributed by atoms with Crippen molar-refractivity contribution in [2.45, 2.75) is 6.54 Å². The van der Waals surface area contributed by atoms with Crippen molar-refractivity contribution in [2.24, 2.45) is 0 Å². The molecule has 5 heteroatoms. The normalized spacial score (nSPS) is 10.4. The Morgan fingerprint density at radius 1 is 1.29 bits per heavy atom. The van der Waals surface area contributed by atoms with Crippen molar-refractivity contribution in [3.8, 4) is 11.5 Å². The van der Waals surface area contributed by atoms with E-state index in [2.05, 4.69) is 15.9 Å². The molecule has 0 bridgehead atoms. The molecule has 4 nitrogen and oxygen atoms in total. The lowest BCUT2D eigenvalue weighted by Crippen LogP contribution is -2.47. The summed E-state index contributed by atoms with van der Waals surface area (Å²) in [4.78, 5) is 4.15. The molecule has 0 saturated carbocycles. The van der Waals surface area contributed by atoms with Crippen molar-refractivity contribution in [1.29, 1.82) is 0 Å². The molecule has 2 aromatic rings. The molecule has 14 heavy (non-hydrogen) atoms. The van der Waals surface area contributed by atoms with E-state index in [9.17, 15) is 0 Å². The molecule has 0 aliphatic carbocycles. The van der Waals surface area contributed by atoms with Gasteiger partial charge in [-0.3, -0.25) is 0 Å². The Bertz CT molecular complexity index is 424. The highest BCUT2D eigenvalue weighted by atomic mass is 35.5. The second-order valence-corrected chi connectivity index (χ2v) is 3.21. The van der Waals surface area contributed by atoms with Crippen LogP contribution in [-0.4, -0.2) is 10.1 Å². The molecule has 0 unspecified atom stereocenters. The maximum Gasteiger partial charge on any atom is 0.258 e. The smallest absolute Gasteiger partial charge is 0.258 e. The summed E-state index contributed by atoms with van der Waals surface area (Å²) in [5, 5.41) is 4.44. The van der Waals surface area contributed by atoms with Crippen molar-refractivity contribution in [3.63, 3.8) is 0 Å². The minimum atomic E-state index is 0.500. The lowest BCUT2D eigenvalue weighted by molar-refractivity contribution is -0.388. The van der Waals surface area contributed by atoms with E-state index in [4.69, 9.17) is 16.1 Å². The molecule has 0 atom stereocenters. The number of nitrogens with zero attached hydrogens (tertiary/aromatic N) is 2. The average Bonchev–Trinajstić information content (AvgIpc) is 2.67. The molecule has 0 aliphatic heterocycles. The first-order valence-electron chi connectivity index (χ1n) is 4.17. The van der Waals surface area contributed by atoms with E-state index in [0.717, 1.165) is 5.56 Å². The van der Waals surface area contributed by atoms with Gasteiger partial charge in [0.25, 0.3) is 5.89 Å². The molecular formula is C9H9ClN3O+. The first kappa shape index (κ1) is 9.18. The van der Waals surface area contributed by atoms with Crippen LogP contribution in [0.25, 0.3) is 11.5 Å². The van der Waals surface area contributed by atoms with Crippen LogP contribution in [0.15, 0.2) is 28.8 Å². The van der Waals surface area contributed by atoms with Crippen LogP contribution >= 0.6 is 11.6 Å². The van der Waals surface area contributed by atoms with Gasteiger partial charge in [0.05, 0.1) is 0 Å². The third-order valence-corrected chi connectivity index (χ3v) is 2.03. The van der Waals surface area contributed by atoms with Crippen LogP contribution in [0.3, 0.4) is 0 Å². The van der Waals surface area contributed by atoms with Gasteiger partial charge in [0.1, 0.15) is 6.54 Å². The fourth-order valence-electron chi connectivity index (χ4n) is 1.07. The molecule has 0 saturated heterocycles. The lowest BCUT2D eigenvalue weighted by atomic mass is 10.2. The third-order valence-electron chi connectivity index (χ3n) is 1.78. The quantitative estimate of drug-likeness (QED) is 0.808. The molecule has 1 heterocycles. The van der Waals surface area contributed by atoms with Gasteiger partial charge in [0, 0.05) is 10.6 Å².